The van der Waals surface area contributed by atoms with E-state index in [0.717, 1.165) is 12.2 Å². The van der Waals surface area contributed by atoms with Crippen LogP contribution in [0, 0.1) is 0 Å². The molecule has 0 aromatic carbocycles. The maximum absolute atomic E-state index is 5.28. The number of aryl methyl sites for hydroxylation is 1. The van der Waals surface area contributed by atoms with Gasteiger partial charge in [0, 0.05) is 13.0 Å². The number of nitrogens with zero attached hydrogens (tertiary/aromatic N) is 4. The van der Waals surface area contributed by atoms with Crippen LogP contribution in [0.4, 0.5) is 0 Å². The van der Waals surface area contributed by atoms with Gasteiger partial charge in [-0.2, -0.15) is 4.80 Å². The zero-order valence-electron chi connectivity index (χ0n) is 6.40. The summed E-state index contributed by atoms with van der Waals surface area (Å²) in [5.74, 6) is 0.772. The SMILES string of the molecule is CCc1nnn(CCN)n1.Cl. The van der Waals surface area contributed by atoms with Crippen LogP contribution < -0.4 is 5.73 Å². The zero-order chi connectivity index (χ0) is 7.40. The van der Waals surface area contributed by atoms with Crippen LogP contribution in [0.3, 0.4) is 0 Å². The second kappa shape index (κ2) is 5.03. The molecule has 1 heterocycles. The number of halogens is 1. The molecule has 1 aromatic heterocycles. The predicted octanol–water partition coefficient (Wildman–Crippen LogP) is -0.384. The molecule has 0 aliphatic carbocycles. The second-order valence-electron chi connectivity index (χ2n) is 1.94. The van der Waals surface area contributed by atoms with Gasteiger partial charge in [0.1, 0.15) is 0 Å². The molecule has 0 radical (unpaired) electrons. The molecule has 5 nitrogen and oxygen atoms in total. The highest BCUT2D eigenvalue weighted by Crippen LogP contribution is 1.85. The van der Waals surface area contributed by atoms with Crippen LogP contribution in [0.2, 0.25) is 0 Å². The summed E-state index contributed by atoms with van der Waals surface area (Å²) >= 11 is 0. The van der Waals surface area contributed by atoms with Gasteiger partial charge >= 0.3 is 0 Å². The van der Waals surface area contributed by atoms with Crippen LogP contribution >= 0.6 is 12.4 Å². The Morgan fingerprint density at radius 2 is 2.27 bits per heavy atom. The molecule has 11 heavy (non-hydrogen) atoms. The standard InChI is InChI=1S/C5H11N5.ClH/c1-2-5-7-9-10(8-5)4-3-6;/h2-4,6H2,1H3;1H. The first-order chi connectivity index (χ1) is 4.86. The molecule has 0 unspecified atom stereocenters. The smallest absolute Gasteiger partial charge is 0.174 e. The Morgan fingerprint density at radius 1 is 1.55 bits per heavy atom. The topological polar surface area (TPSA) is 69.6 Å². The van der Waals surface area contributed by atoms with Gasteiger partial charge < -0.3 is 5.73 Å². The summed E-state index contributed by atoms with van der Waals surface area (Å²) in [7, 11) is 0. The zero-order valence-corrected chi connectivity index (χ0v) is 7.21. The van der Waals surface area contributed by atoms with Crippen molar-refractivity contribution >= 4 is 12.4 Å². The van der Waals surface area contributed by atoms with Crippen LogP contribution in [0.1, 0.15) is 12.7 Å². The van der Waals surface area contributed by atoms with Crippen LogP contribution in [-0.4, -0.2) is 26.8 Å². The van der Waals surface area contributed by atoms with Gasteiger partial charge in [0.05, 0.1) is 6.54 Å². The van der Waals surface area contributed by atoms with Crippen molar-refractivity contribution in [3.05, 3.63) is 5.82 Å². The average molecular weight is 178 g/mol. The number of hydrogen-bond donors (Lipinski definition) is 1. The first-order valence-electron chi connectivity index (χ1n) is 3.33. The molecule has 0 amide bonds. The van der Waals surface area contributed by atoms with Crippen LogP contribution in [-0.2, 0) is 13.0 Å². The summed E-state index contributed by atoms with van der Waals surface area (Å²) < 4.78 is 0. The molecule has 0 aliphatic heterocycles. The van der Waals surface area contributed by atoms with Gasteiger partial charge in [-0.15, -0.1) is 22.6 Å². The fraction of sp³-hybridized carbons (Fsp3) is 0.800. The number of rotatable bonds is 3. The molecule has 64 valence electrons. The molecular weight excluding hydrogens is 166 g/mol. The molecule has 0 saturated carbocycles. The lowest BCUT2D eigenvalue weighted by Gasteiger charge is -1.90. The van der Waals surface area contributed by atoms with E-state index in [1.54, 1.807) is 0 Å². The molecule has 6 heteroatoms. The van der Waals surface area contributed by atoms with Crippen LogP contribution in [0.5, 0.6) is 0 Å². The first-order valence-corrected chi connectivity index (χ1v) is 3.33. The fourth-order valence-corrected chi connectivity index (χ4v) is 0.628. The Balaban J connectivity index is 0.000001000. The number of hydrogen-bond acceptors (Lipinski definition) is 4. The van der Waals surface area contributed by atoms with Crippen molar-refractivity contribution in [3.8, 4) is 0 Å². The van der Waals surface area contributed by atoms with Crippen molar-refractivity contribution in [1.82, 2.24) is 20.2 Å². The highest BCUT2D eigenvalue weighted by atomic mass is 35.5. The van der Waals surface area contributed by atoms with E-state index in [0.29, 0.717) is 13.1 Å². The lowest BCUT2D eigenvalue weighted by Crippen LogP contribution is -2.12. The Kier molecular flexibility index (Phi) is 4.72. The molecular formula is C5H12ClN5. The number of aromatic nitrogens is 4. The minimum absolute atomic E-state index is 0. The van der Waals surface area contributed by atoms with Gasteiger partial charge in [-0.05, 0) is 5.21 Å². The maximum Gasteiger partial charge on any atom is 0.174 e. The first kappa shape index (κ1) is 10.3. The predicted molar refractivity (Wildman–Crippen MR) is 43.5 cm³/mol. The van der Waals surface area contributed by atoms with Crippen LogP contribution in [0.15, 0.2) is 0 Å². The van der Waals surface area contributed by atoms with E-state index in [-0.39, 0.29) is 12.4 Å². The van der Waals surface area contributed by atoms with Crippen molar-refractivity contribution in [2.75, 3.05) is 6.54 Å². The second-order valence-corrected chi connectivity index (χ2v) is 1.94. The summed E-state index contributed by atoms with van der Waals surface area (Å²) in [5.41, 5.74) is 5.28. The molecule has 1 rings (SSSR count). The van der Waals surface area contributed by atoms with Gasteiger partial charge in [0.15, 0.2) is 5.82 Å². The van der Waals surface area contributed by atoms with Crippen molar-refractivity contribution < 1.29 is 0 Å². The van der Waals surface area contributed by atoms with E-state index < -0.39 is 0 Å². The third-order valence-corrected chi connectivity index (χ3v) is 1.14. The van der Waals surface area contributed by atoms with Crippen molar-refractivity contribution in [1.29, 1.82) is 0 Å². The third-order valence-electron chi connectivity index (χ3n) is 1.14. The van der Waals surface area contributed by atoms with E-state index in [1.165, 1.54) is 4.80 Å². The van der Waals surface area contributed by atoms with Gasteiger partial charge in [0.2, 0.25) is 0 Å². The Bertz CT molecular complexity index is 199. The molecule has 2 N–H and O–H groups in total. The Morgan fingerprint density at radius 3 is 2.73 bits per heavy atom. The lowest BCUT2D eigenvalue weighted by molar-refractivity contribution is 0.529. The fourth-order valence-electron chi connectivity index (χ4n) is 0.628. The molecule has 0 aliphatic rings. The monoisotopic (exact) mass is 177 g/mol. The molecule has 0 bridgehead atoms. The van der Waals surface area contributed by atoms with E-state index in [9.17, 15) is 0 Å². The van der Waals surface area contributed by atoms with E-state index in [1.807, 2.05) is 6.92 Å². The van der Waals surface area contributed by atoms with E-state index in [2.05, 4.69) is 15.4 Å². The summed E-state index contributed by atoms with van der Waals surface area (Å²) in [5, 5.41) is 11.6. The summed E-state index contributed by atoms with van der Waals surface area (Å²) in [6.45, 7) is 3.19. The third kappa shape index (κ3) is 2.81. The largest absolute Gasteiger partial charge is 0.329 e. The molecule has 0 atom stereocenters. The molecule has 1 aromatic rings. The summed E-state index contributed by atoms with van der Waals surface area (Å²) in [6, 6.07) is 0. The van der Waals surface area contributed by atoms with E-state index in [4.69, 9.17) is 5.73 Å². The maximum atomic E-state index is 5.28. The molecule has 0 spiro atoms. The normalized spacial score (nSPS) is 9.27. The number of nitrogens with two attached hydrogens (primary N) is 1. The van der Waals surface area contributed by atoms with Crippen LogP contribution in [0.25, 0.3) is 0 Å². The van der Waals surface area contributed by atoms with Gasteiger partial charge in [-0.25, -0.2) is 0 Å². The summed E-state index contributed by atoms with van der Waals surface area (Å²) in [6.07, 6.45) is 0.824. The highest BCUT2D eigenvalue weighted by Gasteiger charge is 1.96. The highest BCUT2D eigenvalue weighted by molar-refractivity contribution is 5.85. The van der Waals surface area contributed by atoms with Crippen molar-refractivity contribution in [2.24, 2.45) is 5.73 Å². The van der Waals surface area contributed by atoms with E-state index >= 15 is 0 Å². The average Bonchev–Trinajstić information content (AvgIpc) is 2.37. The van der Waals surface area contributed by atoms with Gasteiger partial charge in [0.25, 0.3) is 0 Å². The van der Waals surface area contributed by atoms with Crippen molar-refractivity contribution in [3.63, 3.8) is 0 Å². The summed E-state index contributed by atoms with van der Waals surface area (Å²) in [4.78, 5) is 1.51. The minimum Gasteiger partial charge on any atom is -0.329 e. The van der Waals surface area contributed by atoms with Gasteiger partial charge in [-0.1, -0.05) is 6.92 Å². The van der Waals surface area contributed by atoms with Crippen molar-refractivity contribution in [2.45, 2.75) is 19.9 Å². The Hall–Kier alpha value is -0.680. The quantitative estimate of drug-likeness (QED) is 0.683. The van der Waals surface area contributed by atoms with Gasteiger partial charge in [-0.3, -0.25) is 0 Å². The lowest BCUT2D eigenvalue weighted by atomic mass is 10.5. The Labute approximate surface area is 71.4 Å². The number of tetrazole rings is 1. The minimum atomic E-state index is 0. The molecule has 0 fully saturated rings. The molecule has 0 saturated heterocycles.